The lowest BCUT2D eigenvalue weighted by molar-refractivity contribution is -0.162. The van der Waals surface area contributed by atoms with Crippen LogP contribution in [0.3, 0.4) is 0 Å². The van der Waals surface area contributed by atoms with Crippen LogP contribution in [-0.2, 0) is 19.1 Å². The number of carbonyl (C=O) groups excluding carboxylic acids is 2. The summed E-state index contributed by atoms with van der Waals surface area (Å²) < 4.78 is 10.4. The van der Waals surface area contributed by atoms with Crippen LogP contribution in [-0.4, -0.2) is 25.2 Å². The lowest BCUT2D eigenvalue weighted by Crippen LogP contribution is -2.29. The molecule has 0 radical (unpaired) electrons. The third kappa shape index (κ3) is 10.4. The van der Waals surface area contributed by atoms with Gasteiger partial charge in [0.2, 0.25) is 0 Å². The van der Waals surface area contributed by atoms with Gasteiger partial charge in [0.15, 0.2) is 5.92 Å². The van der Waals surface area contributed by atoms with E-state index >= 15 is 0 Å². The van der Waals surface area contributed by atoms with Crippen molar-refractivity contribution >= 4 is 11.9 Å². The van der Waals surface area contributed by atoms with Crippen molar-refractivity contribution in [2.75, 3.05) is 13.2 Å². The van der Waals surface area contributed by atoms with E-state index in [0.717, 1.165) is 12.8 Å². The van der Waals surface area contributed by atoms with E-state index in [1.165, 1.54) is 0 Å². The van der Waals surface area contributed by atoms with Gasteiger partial charge in [0.25, 0.3) is 0 Å². The van der Waals surface area contributed by atoms with E-state index in [1.54, 1.807) is 6.08 Å². The molecular weight excluding hydrogens is 280 g/mol. The summed E-state index contributed by atoms with van der Waals surface area (Å²) in [7, 11) is 0. The molecule has 0 atom stereocenters. The largest absolute Gasteiger partial charge is 0.465 e. The summed E-state index contributed by atoms with van der Waals surface area (Å²) in [5.41, 5.74) is 0.170. The number of hydrogen-bond donors (Lipinski definition) is 0. The molecule has 0 aliphatic heterocycles. The van der Waals surface area contributed by atoms with Crippen LogP contribution in [0.25, 0.3) is 0 Å². The van der Waals surface area contributed by atoms with Gasteiger partial charge >= 0.3 is 11.9 Å². The number of carbonyl (C=O) groups is 2. The molecule has 0 N–H and O–H groups in total. The van der Waals surface area contributed by atoms with Crippen LogP contribution in [0.1, 0.15) is 60.8 Å². The minimum absolute atomic E-state index is 0.0848. The Hall–Kier alpha value is -1.32. The average Bonchev–Trinajstić information content (AvgIpc) is 2.32. The zero-order chi connectivity index (χ0) is 17.4. The molecule has 0 fully saturated rings. The fraction of sp³-hybridized carbons (Fsp3) is 0.778. The maximum Gasteiger partial charge on any atom is 0.320 e. The first kappa shape index (κ1) is 20.7. The Balaban J connectivity index is 4.40. The first-order valence-corrected chi connectivity index (χ1v) is 7.90. The monoisotopic (exact) mass is 312 g/mol. The molecule has 0 aliphatic rings. The second-order valence-electron chi connectivity index (χ2n) is 8.03. The van der Waals surface area contributed by atoms with E-state index in [0.29, 0.717) is 13.2 Å². The molecule has 22 heavy (non-hydrogen) atoms. The maximum absolute atomic E-state index is 12.0. The summed E-state index contributed by atoms with van der Waals surface area (Å²) in [6, 6.07) is 0. The molecule has 0 aromatic heterocycles. The Morgan fingerprint density at radius 3 is 1.55 bits per heavy atom. The molecule has 0 aromatic rings. The molecule has 0 unspecified atom stereocenters. The van der Waals surface area contributed by atoms with Crippen molar-refractivity contribution in [3.8, 4) is 0 Å². The Labute approximate surface area is 135 Å². The highest BCUT2D eigenvalue weighted by Crippen LogP contribution is 2.20. The molecule has 4 heteroatoms. The van der Waals surface area contributed by atoms with Gasteiger partial charge in [0.1, 0.15) is 0 Å². The lowest BCUT2D eigenvalue weighted by Gasteiger charge is -2.20. The van der Waals surface area contributed by atoms with Crippen LogP contribution in [0.4, 0.5) is 0 Å². The van der Waals surface area contributed by atoms with Crippen LogP contribution in [0.5, 0.6) is 0 Å². The predicted octanol–water partition coefficient (Wildman–Crippen LogP) is 4.14. The molecule has 0 saturated heterocycles. The van der Waals surface area contributed by atoms with Crippen molar-refractivity contribution in [3.05, 3.63) is 12.7 Å². The van der Waals surface area contributed by atoms with Gasteiger partial charge in [-0.3, -0.25) is 9.59 Å². The van der Waals surface area contributed by atoms with Gasteiger partial charge in [-0.05, 0) is 30.1 Å². The molecular formula is C18H32O4. The molecule has 128 valence electrons. The van der Waals surface area contributed by atoms with E-state index < -0.39 is 17.9 Å². The second kappa shape index (κ2) is 8.96. The van der Waals surface area contributed by atoms with Gasteiger partial charge in [-0.2, -0.15) is 0 Å². The number of hydrogen-bond acceptors (Lipinski definition) is 4. The summed E-state index contributed by atoms with van der Waals surface area (Å²) in [5.74, 6) is -1.95. The summed E-state index contributed by atoms with van der Waals surface area (Å²) in [6.07, 6.45) is 3.28. The van der Waals surface area contributed by atoms with Gasteiger partial charge in [-0.1, -0.05) is 47.6 Å². The third-order valence-corrected chi connectivity index (χ3v) is 3.16. The van der Waals surface area contributed by atoms with Crippen molar-refractivity contribution in [3.63, 3.8) is 0 Å². The third-order valence-electron chi connectivity index (χ3n) is 3.16. The first-order chi connectivity index (χ1) is 9.96. The molecule has 0 heterocycles. The van der Waals surface area contributed by atoms with Crippen molar-refractivity contribution in [1.29, 1.82) is 0 Å². The Bertz CT molecular complexity index is 340. The van der Waals surface area contributed by atoms with Gasteiger partial charge in [0.05, 0.1) is 13.2 Å². The highest BCUT2D eigenvalue weighted by Gasteiger charge is 2.29. The molecule has 0 bridgehead atoms. The van der Waals surface area contributed by atoms with Crippen molar-refractivity contribution in [1.82, 2.24) is 0 Å². The van der Waals surface area contributed by atoms with Crippen LogP contribution in [0.15, 0.2) is 12.7 Å². The Morgan fingerprint density at radius 1 is 0.909 bits per heavy atom. The van der Waals surface area contributed by atoms with Crippen molar-refractivity contribution in [2.45, 2.75) is 60.8 Å². The van der Waals surface area contributed by atoms with Crippen molar-refractivity contribution < 1.29 is 19.1 Å². The predicted molar refractivity (Wildman–Crippen MR) is 88.4 cm³/mol. The van der Waals surface area contributed by atoms with E-state index in [1.807, 2.05) is 0 Å². The fourth-order valence-electron chi connectivity index (χ4n) is 1.57. The Kier molecular flexibility index (Phi) is 8.43. The zero-order valence-electron chi connectivity index (χ0n) is 15.0. The minimum atomic E-state index is -0.905. The molecule has 0 aromatic carbocycles. The summed E-state index contributed by atoms with van der Waals surface area (Å²) in [6.45, 7) is 16.6. The molecule has 0 spiro atoms. The molecule has 0 rings (SSSR count). The summed E-state index contributed by atoms with van der Waals surface area (Å²) >= 11 is 0. The highest BCUT2D eigenvalue weighted by molar-refractivity contribution is 5.95. The topological polar surface area (TPSA) is 52.6 Å². The standard InChI is InChI=1S/C18H32O4/c1-8-9-14(15(19)21-12-10-17(2,3)4)16(20)22-13-11-18(5,6)7/h8,14H,1,9-13H2,2-7H3. The molecule has 4 nitrogen and oxygen atoms in total. The highest BCUT2D eigenvalue weighted by atomic mass is 16.6. The van der Waals surface area contributed by atoms with E-state index in [-0.39, 0.29) is 17.3 Å². The van der Waals surface area contributed by atoms with Crippen LogP contribution in [0, 0.1) is 16.7 Å². The van der Waals surface area contributed by atoms with E-state index in [2.05, 4.69) is 48.1 Å². The lowest BCUT2D eigenvalue weighted by atomic mass is 9.93. The summed E-state index contributed by atoms with van der Waals surface area (Å²) in [4.78, 5) is 24.1. The molecule has 0 saturated carbocycles. The number of ether oxygens (including phenoxy) is 2. The first-order valence-electron chi connectivity index (χ1n) is 7.90. The van der Waals surface area contributed by atoms with Gasteiger partial charge in [0, 0.05) is 0 Å². The normalized spacial score (nSPS) is 12.1. The SMILES string of the molecule is C=CCC(C(=O)OCCC(C)(C)C)C(=O)OCCC(C)(C)C. The maximum atomic E-state index is 12.0. The molecule has 0 amide bonds. The van der Waals surface area contributed by atoms with Gasteiger partial charge in [-0.25, -0.2) is 0 Å². The number of esters is 2. The van der Waals surface area contributed by atoms with Gasteiger partial charge < -0.3 is 9.47 Å². The van der Waals surface area contributed by atoms with E-state index in [4.69, 9.17) is 9.47 Å². The smallest absolute Gasteiger partial charge is 0.320 e. The molecule has 0 aliphatic carbocycles. The minimum Gasteiger partial charge on any atom is -0.465 e. The number of rotatable bonds is 8. The van der Waals surface area contributed by atoms with Crippen molar-refractivity contribution in [2.24, 2.45) is 16.7 Å². The zero-order valence-corrected chi connectivity index (χ0v) is 15.0. The average molecular weight is 312 g/mol. The second-order valence-corrected chi connectivity index (χ2v) is 8.03. The quantitative estimate of drug-likeness (QED) is 0.384. The summed E-state index contributed by atoms with van der Waals surface area (Å²) in [5, 5.41) is 0. The van der Waals surface area contributed by atoms with Crippen LogP contribution >= 0.6 is 0 Å². The number of allylic oxidation sites excluding steroid dienone is 1. The van der Waals surface area contributed by atoms with Crippen LogP contribution < -0.4 is 0 Å². The van der Waals surface area contributed by atoms with E-state index in [9.17, 15) is 9.59 Å². The van der Waals surface area contributed by atoms with Crippen LogP contribution in [0.2, 0.25) is 0 Å². The van der Waals surface area contributed by atoms with Gasteiger partial charge in [-0.15, -0.1) is 6.58 Å². The fourth-order valence-corrected chi connectivity index (χ4v) is 1.57. The Morgan fingerprint density at radius 2 is 1.27 bits per heavy atom.